The summed E-state index contributed by atoms with van der Waals surface area (Å²) in [6, 6.07) is 0. The maximum Gasteiger partial charge on any atom is 0.330 e. The van der Waals surface area contributed by atoms with Gasteiger partial charge < -0.3 is 23.7 Å². The third kappa shape index (κ3) is 26.6. The third-order valence-electron chi connectivity index (χ3n) is 2.28. The van der Waals surface area contributed by atoms with Crippen molar-refractivity contribution in [3.05, 3.63) is 25.3 Å². The average molecular weight is 371 g/mol. The van der Waals surface area contributed by atoms with Gasteiger partial charge in [0.2, 0.25) is 6.08 Å². The molecule has 0 N–H and O–H groups in total. The Morgan fingerprint density at radius 3 is 1.50 bits per heavy atom. The molecule has 9 nitrogen and oxygen atoms in total. The van der Waals surface area contributed by atoms with Crippen molar-refractivity contribution in [2.75, 3.05) is 59.4 Å². The zero-order chi connectivity index (χ0) is 19.5. The van der Waals surface area contributed by atoms with Crippen LogP contribution in [0.25, 0.3) is 0 Å². The minimum Gasteiger partial charge on any atom is -0.462 e. The Morgan fingerprint density at radius 1 is 0.923 bits per heavy atom. The number of hydrogen-bond donors (Lipinski definition) is 0. The average Bonchev–Trinajstić information content (AvgIpc) is 3.53. The highest BCUT2D eigenvalue weighted by atomic mass is 16.6. The van der Waals surface area contributed by atoms with Crippen LogP contribution in [0, 0.1) is 5.92 Å². The van der Waals surface area contributed by atoms with Crippen molar-refractivity contribution in [2.45, 2.75) is 0 Å². The van der Waals surface area contributed by atoms with E-state index in [4.69, 9.17) is 9.47 Å². The number of esters is 2. The lowest BCUT2D eigenvalue weighted by atomic mass is 10.2. The monoisotopic (exact) mass is 371 g/mol. The van der Waals surface area contributed by atoms with Crippen molar-refractivity contribution in [3.63, 3.8) is 0 Å². The highest BCUT2D eigenvalue weighted by Crippen LogP contribution is 2.01. The molecule has 26 heavy (non-hydrogen) atoms. The second-order valence-electron chi connectivity index (χ2n) is 4.80. The van der Waals surface area contributed by atoms with Gasteiger partial charge in [-0.25, -0.2) is 19.4 Å². The maximum absolute atomic E-state index is 10.8. The van der Waals surface area contributed by atoms with E-state index in [1.54, 1.807) is 0 Å². The van der Waals surface area contributed by atoms with Crippen molar-refractivity contribution in [1.29, 1.82) is 0 Å². The first-order valence-corrected chi connectivity index (χ1v) is 7.99. The summed E-state index contributed by atoms with van der Waals surface area (Å²) in [6.07, 6.45) is 3.37. The Balaban J connectivity index is 0.000000542. The van der Waals surface area contributed by atoms with E-state index < -0.39 is 17.9 Å². The Morgan fingerprint density at radius 2 is 1.27 bits per heavy atom. The van der Waals surface area contributed by atoms with E-state index in [0.717, 1.165) is 51.8 Å². The summed E-state index contributed by atoms with van der Waals surface area (Å²) < 4.78 is 23.0. The summed E-state index contributed by atoms with van der Waals surface area (Å²) in [4.78, 5) is 34.9. The van der Waals surface area contributed by atoms with E-state index in [0.29, 0.717) is 0 Å². The molecular formula is C17H25NO8. The van der Waals surface area contributed by atoms with Gasteiger partial charge in [-0.3, -0.25) is 0 Å². The smallest absolute Gasteiger partial charge is 0.330 e. The number of aliphatic imine (C=N–C) groups is 1. The fourth-order valence-electron chi connectivity index (χ4n) is 0.838. The molecule has 0 saturated carbocycles. The Hall–Kier alpha value is -2.32. The number of hydrogen-bond acceptors (Lipinski definition) is 9. The number of carbonyl (C=O) groups excluding carboxylic acids is 3. The number of carbonyl (C=O) groups is 2. The zero-order valence-corrected chi connectivity index (χ0v) is 14.7. The van der Waals surface area contributed by atoms with Crippen molar-refractivity contribution in [3.8, 4) is 0 Å². The second kappa shape index (κ2) is 17.5. The van der Waals surface area contributed by atoms with Crippen LogP contribution in [0.15, 0.2) is 30.3 Å². The summed E-state index contributed by atoms with van der Waals surface area (Å²) in [6.45, 7) is 12.5. The molecule has 146 valence electrons. The van der Waals surface area contributed by atoms with Gasteiger partial charge in [0.05, 0.1) is 59.4 Å². The van der Waals surface area contributed by atoms with E-state index in [9.17, 15) is 14.4 Å². The Bertz CT molecular complexity index is 421. The number of ether oxygens (including phenoxy) is 5. The second-order valence-corrected chi connectivity index (χ2v) is 4.80. The van der Waals surface area contributed by atoms with E-state index in [2.05, 4.69) is 32.4 Å². The molecule has 0 unspecified atom stereocenters. The number of nitrogens with zero attached hydrogens (tertiary/aromatic N) is 1. The van der Waals surface area contributed by atoms with Gasteiger partial charge >= 0.3 is 11.9 Å². The molecule has 0 radical (unpaired) electrons. The van der Waals surface area contributed by atoms with Crippen LogP contribution in [0.4, 0.5) is 0 Å². The molecule has 0 amide bonds. The number of rotatable bonds is 8. The zero-order valence-electron chi connectivity index (χ0n) is 14.7. The molecular weight excluding hydrogens is 346 g/mol. The van der Waals surface area contributed by atoms with Gasteiger partial charge in [-0.2, -0.15) is 0 Å². The highest BCUT2D eigenvalue weighted by molar-refractivity contribution is 5.81. The standard InChI is InChI=1S/C11H13NO5.3C2H4O/c1-3-10(14)16-6-9(5-12-8-13)7-17-11(15)4-2;3*1-2-3-1/h3-4,9H,1-2,5-7H2;3*1-2H2. The molecule has 0 aliphatic carbocycles. The van der Waals surface area contributed by atoms with Crippen molar-refractivity contribution >= 4 is 18.0 Å². The molecule has 0 spiro atoms. The van der Waals surface area contributed by atoms with Crippen LogP contribution in [-0.4, -0.2) is 77.4 Å². The summed E-state index contributed by atoms with van der Waals surface area (Å²) in [5, 5.41) is 0. The van der Waals surface area contributed by atoms with Gasteiger partial charge in [-0.15, -0.1) is 0 Å². The normalized spacial score (nSPS) is 14.2. The van der Waals surface area contributed by atoms with Crippen LogP contribution in [0.1, 0.15) is 0 Å². The van der Waals surface area contributed by atoms with Crippen molar-refractivity contribution in [2.24, 2.45) is 10.9 Å². The maximum atomic E-state index is 10.8. The summed E-state index contributed by atoms with van der Waals surface area (Å²) in [7, 11) is 0. The third-order valence-corrected chi connectivity index (χ3v) is 2.28. The first-order valence-electron chi connectivity index (χ1n) is 7.99. The van der Waals surface area contributed by atoms with Gasteiger partial charge in [0.1, 0.15) is 0 Å². The SMILES string of the molecule is C1CO1.C1CO1.C1CO1.C=CC(=O)OCC(CN=C=O)COC(=O)C=C. The van der Waals surface area contributed by atoms with E-state index in [-0.39, 0.29) is 19.8 Å². The van der Waals surface area contributed by atoms with Crippen molar-refractivity contribution in [1.82, 2.24) is 0 Å². The lowest BCUT2D eigenvalue weighted by Crippen LogP contribution is -2.22. The summed E-state index contributed by atoms with van der Waals surface area (Å²) in [5.41, 5.74) is 0. The van der Waals surface area contributed by atoms with E-state index >= 15 is 0 Å². The Labute approximate surface area is 152 Å². The molecule has 3 heterocycles. The lowest BCUT2D eigenvalue weighted by molar-refractivity contribution is -0.142. The van der Waals surface area contributed by atoms with Gasteiger partial charge in [-0.1, -0.05) is 13.2 Å². The fourth-order valence-corrected chi connectivity index (χ4v) is 0.838. The molecule has 3 saturated heterocycles. The summed E-state index contributed by atoms with van der Waals surface area (Å²) >= 11 is 0. The number of epoxide rings is 3. The first kappa shape index (κ1) is 23.7. The van der Waals surface area contributed by atoms with Crippen LogP contribution in [0.3, 0.4) is 0 Å². The van der Waals surface area contributed by atoms with Gasteiger partial charge in [0, 0.05) is 18.1 Å². The van der Waals surface area contributed by atoms with Crippen LogP contribution in [0.5, 0.6) is 0 Å². The van der Waals surface area contributed by atoms with Crippen molar-refractivity contribution < 1.29 is 38.1 Å². The molecule has 3 fully saturated rings. The molecule has 3 rings (SSSR count). The molecule has 0 aromatic heterocycles. The number of isocyanates is 1. The van der Waals surface area contributed by atoms with E-state index in [1.165, 1.54) is 6.08 Å². The predicted molar refractivity (Wildman–Crippen MR) is 91.2 cm³/mol. The lowest BCUT2D eigenvalue weighted by Gasteiger charge is -2.13. The van der Waals surface area contributed by atoms with Gasteiger partial charge in [0.15, 0.2) is 0 Å². The highest BCUT2D eigenvalue weighted by Gasteiger charge is 2.13. The van der Waals surface area contributed by atoms with Gasteiger partial charge in [0.25, 0.3) is 0 Å². The largest absolute Gasteiger partial charge is 0.462 e. The fraction of sp³-hybridized carbons (Fsp3) is 0.588. The minimum atomic E-state index is -0.597. The topological polar surface area (TPSA) is 120 Å². The molecule has 0 bridgehead atoms. The minimum absolute atomic E-state index is 0.0273. The quantitative estimate of drug-likeness (QED) is 0.198. The first-order chi connectivity index (χ1) is 12.6. The molecule has 3 aliphatic rings. The Kier molecular flexibility index (Phi) is 15.9. The van der Waals surface area contributed by atoms with Crippen LogP contribution >= 0.6 is 0 Å². The predicted octanol–water partition coefficient (Wildman–Crippen LogP) is 0.447. The molecule has 3 aliphatic heterocycles. The molecule has 0 aromatic carbocycles. The van der Waals surface area contributed by atoms with Gasteiger partial charge in [-0.05, 0) is 0 Å². The molecule has 0 atom stereocenters. The van der Waals surface area contributed by atoms with Crippen LogP contribution < -0.4 is 0 Å². The van der Waals surface area contributed by atoms with Crippen LogP contribution in [-0.2, 0) is 38.1 Å². The summed E-state index contributed by atoms with van der Waals surface area (Å²) in [5.74, 6) is -1.59. The van der Waals surface area contributed by atoms with E-state index in [1.807, 2.05) is 0 Å². The molecule has 9 heteroatoms. The van der Waals surface area contributed by atoms with Crippen LogP contribution in [0.2, 0.25) is 0 Å². The molecule has 0 aromatic rings.